The summed E-state index contributed by atoms with van der Waals surface area (Å²) in [4.78, 5) is 42.5. The molecule has 1 aliphatic rings. The number of anilines is 2. The zero-order chi connectivity index (χ0) is 23.2. The van der Waals surface area contributed by atoms with Gasteiger partial charge in [0.15, 0.2) is 6.29 Å². The van der Waals surface area contributed by atoms with E-state index in [1.165, 1.54) is 4.90 Å². The molecule has 0 unspecified atom stereocenters. The van der Waals surface area contributed by atoms with Gasteiger partial charge in [-0.25, -0.2) is 19.7 Å². The third-order valence-corrected chi connectivity index (χ3v) is 4.78. The summed E-state index contributed by atoms with van der Waals surface area (Å²) in [5.74, 6) is 7.24. The molecule has 1 N–H and O–H groups in total. The van der Waals surface area contributed by atoms with Gasteiger partial charge in [-0.2, -0.15) is 0 Å². The molecule has 3 aromatic rings. The van der Waals surface area contributed by atoms with Crippen LogP contribution in [0.2, 0.25) is 0 Å². The Hall–Kier alpha value is -4.32. The monoisotopic (exact) mass is 442 g/mol. The summed E-state index contributed by atoms with van der Waals surface area (Å²) in [6, 6.07) is 4.75. The number of aldehydes is 1. The molecular formula is C24H22N6O3. The van der Waals surface area contributed by atoms with E-state index in [9.17, 15) is 9.59 Å². The van der Waals surface area contributed by atoms with Gasteiger partial charge in [-0.1, -0.05) is 12.0 Å². The molecule has 3 aromatic heterocycles. The topological polar surface area (TPSA) is 110 Å². The first kappa shape index (κ1) is 21.9. The third kappa shape index (κ3) is 5.30. The molecule has 1 aliphatic heterocycles. The highest BCUT2D eigenvalue weighted by Crippen LogP contribution is 2.27. The van der Waals surface area contributed by atoms with Gasteiger partial charge in [0.25, 0.3) is 0 Å². The number of hydrogen-bond acceptors (Lipinski definition) is 7. The lowest BCUT2D eigenvalue weighted by Crippen LogP contribution is -2.39. The zero-order valence-electron chi connectivity index (χ0n) is 18.3. The van der Waals surface area contributed by atoms with Crippen LogP contribution < -0.4 is 15.0 Å². The number of rotatable bonds is 4. The highest BCUT2D eigenvalue weighted by Gasteiger charge is 2.25. The quantitative estimate of drug-likeness (QED) is 0.488. The van der Waals surface area contributed by atoms with Crippen molar-refractivity contribution in [3.8, 4) is 17.6 Å². The molecule has 4 heterocycles. The molecule has 0 atom stereocenters. The molecule has 2 amide bonds. The van der Waals surface area contributed by atoms with E-state index in [2.05, 4.69) is 37.1 Å². The van der Waals surface area contributed by atoms with Crippen LogP contribution in [0.3, 0.4) is 0 Å². The van der Waals surface area contributed by atoms with Crippen molar-refractivity contribution in [2.75, 3.05) is 16.8 Å². The number of amides is 2. The average molecular weight is 442 g/mol. The Labute approximate surface area is 191 Å². The van der Waals surface area contributed by atoms with Gasteiger partial charge in [0.05, 0.1) is 17.9 Å². The van der Waals surface area contributed by atoms with Gasteiger partial charge in [0, 0.05) is 31.2 Å². The molecule has 0 saturated heterocycles. The number of pyridine rings is 2. The highest BCUT2D eigenvalue weighted by molar-refractivity contribution is 6.01. The molecule has 0 aliphatic carbocycles. The number of carbonyl (C=O) groups excluding carboxylic acids is 2. The molecule has 0 fully saturated rings. The predicted molar refractivity (Wildman–Crippen MR) is 122 cm³/mol. The SMILES string of the molecule is CC(C)Oc1cc(NC(=O)N2CCCc3ccc(C=O)nc32)ncc1C#Cc1cnccn1. The normalized spacial score (nSPS) is 12.4. The van der Waals surface area contributed by atoms with E-state index < -0.39 is 0 Å². The second-order valence-electron chi connectivity index (χ2n) is 7.60. The summed E-state index contributed by atoms with van der Waals surface area (Å²) < 4.78 is 5.89. The molecule has 0 bridgehead atoms. The van der Waals surface area contributed by atoms with E-state index in [4.69, 9.17) is 4.74 Å². The summed E-state index contributed by atoms with van der Waals surface area (Å²) >= 11 is 0. The van der Waals surface area contributed by atoms with Crippen LogP contribution in [0.25, 0.3) is 0 Å². The molecule has 4 rings (SSSR count). The number of nitrogens with one attached hydrogen (secondary N) is 1. The van der Waals surface area contributed by atoms with E-state index in [1.807, 2.05) is 19.9 Å². The molecule has 0 saturated carbocycles. The minimum absolute atomic E-state index is 0.104. The molecule has 9 heteroatoms. The maximum absolute atomic E-state index is 13.0. The van der Waals surface area contributed by atoms with Gasteiger partial charge in [0.1, 0.15) is 28.8 Å². The lowest BCUT2D eigenvalue weighted by atomic mass is 10.1. The Bertz CT molecular complexity index is 1230. The smallest absolute Gasteiger partial charge is 0.328 e. The Morgan fingerprint density at radius 3 is 2.85 bits per heavy atom. The average Bonchev–Trinajstić information content (AvgIpc) is 2.83. The van der Waals surface area contributed by atoms with Crippen LogP contribution in [0.1, 0.15) is 47.6 Å². The first-order valence-corrected chi connectivity index (χ1v) is 10.5. The van der Waals surface area contributed by atoms with Gasteiger partial charge in [-0.05, 0) is 44.2 Å². The van der Waals surface area contributed by atoms with Crippen LogP contribution in [-0.4, -0.2) is 44.9 Å². The lowest BCUT2D eigenvalue weighted by Gasteiger charge is -2.28. The summed E-state index contributed by atoms with van der Waals surface area (Å²) in [6.45, 7) is 4.30. The summed E-state index contributed by atoms with van der Waals surface area (Å²) in [5, 5.41) is 2.80. The maximum atomic E-state index is 13.0. The van der Waals surface area contributed by atoms with Crippen molar-refractivity contribution in [3.63, 3.8) is 0 Å². The van der Waals surface area contributed by atoms with Crippen LogP contribution in [0.4, 0.5) is 16.4 Å². The number of nitrogens with zero attached hydrogens (tertiary/aromatic N) is 5. The zero-order valence-corrected chi connectivity index (χ0v) is 18.3. The lowest BCUT2D eigenvalue weighted by molar-refractivity contribution is 0.111. The van der Waals surface area contributed by atoms with Crippen molar-refractivity contribution in [2.45, 2.75) is 32.8 Å². The van der Waals surface area contributed by atoms with Crippen LogP contribution in [-0.2, 0) is 6.42 Å². The molecule has 166 valence electrons. The van der Waals surface area contributed by atoms with E-state index in [0.29, 0.717) is 41.5 Å². The van der Waals surface area contributed by atoms with Gasteiger partial charge in [0.2, 0.25) is 0 Å². The van der Waals surface area contributed by atoms with E-state index >= 15 is 0 Å². The van der Waals surface area contributed by atoms with Gasteiger partial charge >= 0.3 is 6.03 Å². The van der Waals surface area contributed by atoms with Gasteiger partial charge < -0.3 is 4.74 Å². The predicted octanol–water partition coefficient (Wildman–Crippen LogP) is 3.25. The molecule has 0 aromatic carbocycles. The fraction of sp³-hybridized carbons (Fsp3) is 0.250. The van der Waals surface area contributed by atoms with E-state index in [-0.39, 0.29) is 17.8 Å². The first-order chi connectivity index (χ1) is 16.0. The summed E-state index contributed by atoms with van der Waals surface area (Å²) in [5.41, 5.74) is 2.29. The molecule has 33 heavy (non-hydrogen) atoms. The standard InChI is InChI=1S/C24H22N6O3/c1-16(2)33-21-12-22(27-13-18(21)6-7-19-14-25-9-10-26-19)29-24(32)30-11-3-4-17-5-8-20(15-31)28-23(17)30/h5,8-10,12-16H,3-4,11H2,1-2H3,(H,27,29,32). The van der Waals surface area contributed by atoms with E-state index in [0.717, 1.165) is 18.4 Å². The molecule has 0 spiro atoms. The highest BCUT2D eigenvalue weighted by atomic mass is 16.5. The number of fused-ring (bicyclic) bond motifs is 1. The fourth-order valence-corrected chi connectivity index (χ4v) is 3.34. The van der Waals surface area contributed by atoms with Crippen molar-refractivity contribution in [1.29, 1.82) is 0 Å². The van der Waals surface area contributed by atoms with Crippen molar-refractivity contribution < 1.29 is 14.3 Å². The van der Waals surface area contributed by atoms with Crippen LogP contribution in [0.5, 0.6) is 5.75 Å². The number of aryl methyl sites for hydroxylation is 1. The van der Waals surface area contributed by atoms with E-state index in [1.54, 1.807) is 36.9 Å². The Kier molecular flexibility index (Phi) is 6.55. The van der Waals surface area contributed by atoms with Gasteiger partial charge in [-0.15, -0.1) is 0 Å². The van der Waals surface area contributed by atoms with Crippen molar-refractivity contribution in [1.82, 2.24) is 19.9 Å². The number of carbonyl (C=O) groups is 2. The molecule has 0 radical (unpaired) electrons. The molecule has 9 nitrogen and oxygen atoms in total. The number of aromatic nitrogens is 4. The van der Waals surface area contributed by atoms with Crippen molar-refractivity contribution >= 4 is 24.0 Å². The number of hydrogen-bond donors (Lipinski definition) is 1. The van der Waals surface area contributed by atoms with Crippen molar-refractivity contribution in [2.24, 2.45) is 0 Å². The van der Waals surface area contributed by atoms with Crippen LogP contribution >= 0.6 is 0 Å². The van der Waals surface area contributed by atoms with Gasteiger partial charge in [-0.3, -0.25) is 20.0 Å². The summed E-state index contributed by atoms with van der Waals surface area (Å²) in [7, 11) is 0. The first-order valence-electron chi connectivity index (χ1n) is 10.5. The number of ether oxygens (including phenoxy) is 1. The third-order valence-electron chi connectivity index (χ3n) is 4.78. The second kappa shape index (κ2) is 9.87. The number of urea groups is 1. The molecular weight excluding hydrogens is 420 g/mol. The Morgan fingerprint density at radius 2 is 2.09 bits per heavy atom. The maximum Gasteiger partial charge on any atom is 0.328 e. The Balaban J connectivity index is 1.58. The largest absolute Gasteiger partial charge is 0.490 e. The van der Waals surface area contributed by atoms with Crippen LogP contribution in [0, 0.1) is 11.8 Å². The minimum Gasteiger partial charge on any atom is -0.490 e. The van der Waals surface area contributed by atoms with Crippen LogP contribution in [0.15, 0.2) is 43.0 Å². The van der Waals surface area contributed by atoms with Crippen molar-refractivity contribution in [3.05, 3.63) is 65.5 Å². The fourth-order valence-electron chi connectivity index (χ4n) is 3.34. The Morgan fingerprint density at radius 1 is 1.21 bits per heavy atom. The summed E-state index contributed by atoms with van der Waals surface area (Å²) in [6.07, 6.45) is 8.42. The minimum atomic E-state index is -0.382. The second-order valence-corrected chi connectivity index (χ2v) is 7.60.